The molecule has 3 rings (SSSR count). The van der Waals surface area contributed by atoms with Crippen LogP contribution in [0.3, 0.4) is 0 Å². The molecule has 1 unspecified atom stereocenters. The second-order valence-electron chi connectivity index (χ2n) is 7.91. The fourth-order valence-corrected chi connectivity index (χ4v) is 3.60. The molecule has 0 bridgehead atoms. The molecular weight excluding hydrogens is 467 g/mol. The maximum absolute atomic E-state index is 12.9. The van der Waals surface area contributed by atoms with Crippen LogP contribution in [0.25, 0.3) is 0 Å². The molecule has 1 heterocycles. The van der Waals surface area contributed by atoms with Crippen LogP contribution in [0, 0.1) is 0 Å². The highest BCUT2D eigenvalue weighted by Gasteiger charge is 2.38. The summed E-state index contributed by atoms with van der Waals surface area (Å²) in [4.78, 5) is 40.6. The number of urea groups is 1. The molecule has 1 aliphatic rings. The molecule has 0 saturated carbocycles. The highest BCUT2D eigenvalue weighted by atomic mass is 19.4. The first-order chi connectivity index (χ1) is 16.5. The first-order valence-corrected chi connectivity index (χ1v) is 10.7. The summed E-state index contributed by atoms with van der Waals surface area (Å²) in [6.45, 7) is 0.705. The van der Waals surface area contributed by atoms with E-state index in [-0.39, 0.29) is 29.8 Å². The van der Waals surface area contributed by atoms with Gasteiger partial charge in [-0.25, -0.2) is 4.79 Å². The van der Waals surface area contributed by atoms with Crippen LogP contribution in [0.2, 0.25) is 0 Å². The fourth-order valence-electron chi connectivity index (χ4n) is 3.60. The zero-order chi connectivity index (χ0) is 25.6. The molecule has 35 heavy (non-hydrogen) atoms. The van der Waals surface area contributed by atoms with Gasteiger partial charge >= 0.3 is 18.1 Å². The van der Waals surface area contributed by atoms with Crippen LogP contribution in [-0.2, 0) is 4.79 Å². The maximum atomic E-state index is 12.9. The van der Waals surface area contributed by atoms with Crippen LogP contribution in [0.4, 0.5) is 23.7 Å². The number of amidine groups is 1. The summed E-state index contributed by atoms with van der Waals surface area (Å²) in [6, 6.07) is 10.8. The van der Waals surface area contributed by atoms with Gasteiger partial charge in [-0.05, 0) is 61.7 Å². The molecule has 0 spiro atoms. The molecule has 12 heteroatoms. The monoisotopic (exact) mass is 491 g/mol. The lowest BCUT2D eigenvalue weighted by atomic mass is 10.0. The topological polar surface area (TPSA) is 137 Å². The molecule has 1 fully saturated rings. The van der Waals surface area contributed by atoms with Crippen molar-refractivity contribution < 1.29 is 32.7 Å². The molecule has 1 atom stereocenters. The molecular formula is C23H24F3N5O4. The summed E-state index contributed by atoms with van der Waals surface area (Å²) >= 11 is 0. The quantitative estimate of drug-likeness (QED) is 0.376. The first kappa shape index (κ1) is 25.5. The van der Waals surface area contributed by atoms with Crippen molar-refractivity contribution in [3.05, 3.63) is 59.7 Å². The van der Waals surface area contributed by atoms with Crippen molar-refractivity contribution in [2.75, 3.05) is 18.4 Å². The minimum Gasteiger partial charge on any atom is -0.508 e. The molecule has 4 amide bonds. The number of rotatable bonds is 5. The largest absolute Gasteiger partial charge is 0.508 e. The minimum atomic E-state index is -5.12. The van der Waals surface area contributed by atoms with E-state index in [1.165, 1.54) is 36.4 Å². The number of aliphatic imine (C=N–C) groups is 1. The van der Waals surface area contributed by atoms with Gasteiger partial charge in [0.25, 0.3) is 5.91 Å². The van der Waals surface area contributed by atoms with Crippen molar-refractivity contribution in [1.29, 1.82) is 0 Å². The number of hydrogen-bond donors (Lipinski definition) is 4. The number of aromatic hydroxyl groups is 1. The molecule has 0 aromatic heterocycles. The zero-order valence-electron chi connectivity index (χ0n) is 18.5. The number of benzene rings is 2. The van der Waals surface area contributed by atoms with E-state index in [1.54, 1.807) is 17.0 Å². The van der Waals surface area contributed by atoms with Crippen LogP contribution in [0.1, 0.15) is 35.2 Å². The Morgan fingerprint density at radius 3 is 2.46 bits per heavy atom. The number of halogens is 3. The van der Waals surface area contributed by atoms with Crippen molar-refractivity contribution in [3.8, 4) is 5.75 Å². The second-order valence-corrected chi connectivity index (χ2v) is 7.91. The average Bonchev–Trinajstić information content (AvgIpc) is 2.82. The van der Waals surface area contributed by atoms with E-state index in [4.69, 9.17) is 5.73 Å². The summed E-state index contributed by atoms with van der Waals surface area (Å²) in [5, 5.41) is 15.0. The van der Waals surface area contributed by atoms with E-state index >= 15 is 0 Å². The number of amides is 4. The second kappa shape index (κ2) is 10.9. The molecule has 1 saturated heterocycles. The van der Waals surface area contributed by atoms with Crippen molar-refractivity contribution in [3.63, 3.8) is 0 Å². The van der Waals surface area contributed by atoms with Crippen molar-refractivity contribution in [2.45, 2.75) is 31.5 Å². The Balaban J connectivity index is 1.60. The number of phenols is 1. The first-order valence-electron chi connectivity index (χ1n) is 10.7. The van der Waals surface area contributed by atoms with Crippen LogP contribution < -0.4 is 16.4 Å². The summed E-state index contributed by atoms with van der Waals surface area (Å²) in [5.74, 6) is -3.29. The third-order valence-corrected chi connectivity index (χ3v) is 5.39. The average molecular weight is 491 g/mol. The number of piperidine rings is 1. The van der Waals surface area contributed by atoms with Gasteiger partial charge in [-0.3, -0.25) is 9.59 Å². The standard InChI is InChI=1S/C23H24F3N5O4/c24-23(25,26)21(34)30-19(27)14-7-9-16(10-8-14)29-22(35)31-11-2-1-5-17(31)13-28-20(33)15-4-3-6-18(32)12-15/h3-4,6-10,12,17,32H,1-2,5,11,13H2,(H,28,33)(H,29,35)(H2,27,30,34). The molecule has 1 aliphatic heterocycles. The van der Waals surface area contributed by atoms with Crippen LogP contribution in [0.15, 0.2) is 53.5 Å². The highest BCUT2D eigenvalue weighted by molar-refractivity contribution is 6.05. The molecule has 5 N–H and O–H groups in total. The van der Waals surface area contributed by atoms with E-state index in [1.807, 2.05) is 0 Å². The number of hydrogen-bond acceptors (Lipinski definition) is 4. The summed E-state index contributed by atoms with van der Waals surface area (Å²) in [6.07, 6.45) is -2.75. The van der Waals surface area contributed by atoms with Gasteiger partial charge in [0, 0.05) is 29.9 Å². The molecule has 186 valence electrons. The van der Waals surface area contributed by atoms with Gasteiger partial charge in [-0.15, -0.1) is 0 Å². The van der Waals surface area contributed by atoms with Crippen LogP contribution in [-0.4, -0.2) is 59.0 Å². The predicted molar refractivity (Wildman–Crippen MR) is 122 cm³/mol. The summed E-state index contributed by atoms with van der Waals surface area (Å²) < 4.78 is 37.0. The Morgan fingerprint density at radius 2 is 1.80 bits per heavy atom. The van der Waals surface area contributed by atoms with Crippen molar-refractivity contribution in [1.82, 2.24) is 10.2 Å². The normalized spacial score (nSPS) is 16.5. The number of carbonyl (C=O) groups is 3. The van der Waals surface area contributed by atoms with E-state index in [0.717, 1.165) is 12.8 Å². The number of phenolic OH excluding ortho intramolecular Hbond substituents is 1. The SMILES string of the molecule is NC(=NC(=O)C(F)(F)F)c1ccc(NC(=O)N2CCCCC2CNC(=O)c2cccc(O)c2)cc1. The number of nitrogens with zero attached hydrogens (tertiary/aromatic N) is 2. The predicted octanol–water partition coefficient (Wildman–Crippen LogP) is 3.00. The van der Waals surface area contributed by atoms with Gasteiger partial charge < -0.3 is 26.4 Å². The lowest BCUT2D eigenvalue weighted by Crippen LogP contribution is -2.50. The van der Waals surface area contributed by atoms with Gasteiger partial charge in [0.1, 0.15) is 11.6 Å². The van der Waals surface area contributed by atoms with Gasteiger partial charge in [0.05, 0.1) is 6.04 Å². The van der Waals surface area contributed by atoms with Crippen molar-refractivity contribution in [2.24, 2.45) is 10.7 Å². The number of alkyl halides is 3. The van der Waals surface area contributed by atoms with E-state index in [2.05, 4.69) is 15.6 Å². The molecule has 2 aromatic rings. The minimum absolute atomic E-state index is 0.0256. The van der Waals surface area contributed by atoms with Gasteiger partial charge in [0.2, 0.25) is 0 Å². The molecule has 9 nitrogen and oxygen atoms in total. The number of likely N-dealkylation sites (tertiary alicyclic amines) is 1. The Kier molecular flexibility index (Phi) is 7.94. The third kappa shape index (κ3) is 6.95. The lowest BCUT2D eigenvalue weighted by molar-refractivity contribution is -0.169. The number of nitrogens with one attached hydrogen (secondary N) is 2. The number of carbonyl (C=O) groups excluding carboxylic acids is 3. The van der Waals surface area contributed by atoms with E-state index in [0.29, 0.717) is 24.2 Å². The zero-order valence-corrected chi connectivity index (χ0v) is 18.5. The smallest absolute Gasteiger partial charge is 0.473 e. The highest BCUT2D eigenvalue weighted by Crippen LogP contribution is 2.20. The molecule has 2 aromatic carbocycles. The number of nitrogens with two attached hydrogens (primary N) is 1. The van der Waals surface area contributed by atoms with Gasteiger partial charge in [0.15, 0.2) is 0 Å². The van der Waals surface area contributed by atoms with Crippen LogP contribution in [0.5, 0.6) is 5.75 Å². The van der Waals surface area contributed by atoms with Gasteiger partial charge in [-0.1, -0.05) is 6.07 Å². The van der Waals surface area contributed by atoms with E-state index < -0.39 is 24.0 Å². The third-order valence-electron chi connectivity index (χ3n) is 5.39. The summed E-state index contributed by atoms with van der Waals surface area (Å²) in [5.41, 5.74) is 6.23. The maximum Gasteiger partial charge on any atom is 0.473 e. The summed E-state index contributed by atoms with van der Waals surface area (Å²) in [7, 11) is 0. The lowest BCUT2D eigenvalue weighted by Gasteiger charge is -2.35. The van der Waals surface area contributed by atoms with Gasteiger partial charge in [-0.2, -0.15) is 18.2 Å². The Morgan fingerprint density at radius 1 is 1.09 bits per heavy atom. The fraction of sp³-hybridized carbons (Fsp3) is 0.304. The Labute approximate surface area is 198 Å². The molecule has 0 aliphatic carbocycles. The Hall–Kier alpha value is -4.09. The van der Waals surface area contributed by atoms with Crippen LogP contribution >= 0.6 is 0 Å². The number of anilines is 1. The van der Waals surface area contributed by atoms with E-state index in [9.17, 15) is 32.7 Å². The van der Waals surface area contributed by atoms with Crippen molar-refractivity contribution >= 4 is 29.4 Å². The Bertz CT molecular complexity index is 1120. The molecule has 0 radical (unpaired) electrons.